The van der Waals surface area contributed by atoms with Crippen LogP contribution in [0.25, 0.3) is 0 Å². The zero-order valence-corrected chi connectivity index (χ0v) is 20.8. The van der Waals surface area contributed by atoms with Crippen molar-refractivity contribution in [3.63, 3.8) is 0 Å². The molecular formula is C28H25F8NO. The molecule has 0 aliphatic carbocycles. The Bertz CT molecular complexity index is 1290. The second-order valence-corrected chi connectivity index (χ2v) is 9.90. The number of nitrogens with zero attached hydrogens (tertiary/aromatic N) is 1. The van der Waals surface area contributed by atoms with E-state index in [1.807, 2.05) is 20.8 Å². The Hall–Kier alpha value is -3.43. The fourth-order valence-corrected chi connectivity index (χ4v) is 3.88. The summed E-state index contributed by atoms with van der Waals surface area (Å²) in [5.41, 5.74) is -2.63. The molecule has 2 nitrogen and oxygen atoms in total. The molecule has 3 rings (SSSR count). The summed E-state index contributed by atoms with van der Waals surface area (Å²) >= 11 is 0. The van der Waals surface area contributed by atoms with Crippen LogP contribution in [-0.2, 0) is 30.7 Å². The number of carbonyl (C=O) groups is 1. The van der Waals surface area contributed by atoms with Crippen LogP contribution in [0.1, 0.15) is 58.9 Å². The van der Waals surface area contributed by atoms with Gasteiger partial charge in [0.15, 0.2) is 5.82 Å². The lowest BCUT2D eigenvalue weighted by atomic mass is 9.87. The summed E-state index contributed by atoms with van der Waals surface area (Å²) in [6.45, 7) is 5.39. The molecule has 0 fully saturated rings. The van der Waals surface area contributed by atoms with Gasteiger partial charge in [0.2, 0.25) is 0 Å². The zero-order chi connectivity index (χ0) is 28.5. The van der Waals surface area contributed by atoms with Crippen molar-refractivity contribution in [1.82, 2.24) is 4.90 Å². The molecule has 204 valence electrons. The highest BCUT2D eigenvalue weighted by Gasteiger charge is 2.38. The number of rotatable bonds is 6. The molecule has 0 bridgehead atoms. The van der Waals surface area contributed by atoms with Crippen molar-refractivity contribution in [2.45, 2.75) is 51.5 Å². The van der Waals surface area contributed by atoms with E-state index in [0.29, 0.717) is 11.6 Å². The van der Waals surface area contributed by atoms with Gasteiger partial charge in [-0.05, 0) is 46.7 Å². The van der Waals surface area contributed by atoms with Crippen molar-refractivity contribution >= 4 is 5.91 Å². The van der Waals surface area contributed by atoms with Crippen molar-refractivity contribution < 1.29 is 39.9 Å². The number of amides is 1. The predicted octanol–water partition coefficient (Wildman–Crippen LogP) is 8.19. The molecule has 0 spiro atoms. The SMILES string of the molecule is CC(C)(C)c1ccc(CN(CCc2cccc(C(F)(F)F)c2)C(=O)c2c(F)ccc(C(F)(F)F)c2F)cc1. The van der Waals surface area contributed by atoms with Gasteiger partial charge in [-0.1, -0.05) is 63.2 Å². The Balaban J connectivity index is 1.98. The Labute approximate surface area is 214 Å². The molecule has 10 heteroatoms. The fraction of sp³-hybridized carbons (Fsp3) is 0.321. The maximum Gasteiger partial charge on any atom is 0.419 e. The van der Waals surface area contributed by atoms with Gasteiger partial charge in [-0.3, -0.25) is 4.79 Å². The normalized spacial score (nSPS) is 12.5. The van der Waals surface area contributed by atoms with Crippen LogP contribution >= 0.6 is 0 Å². The molecule has 0 saturated carbocycles. The molecule has 0 heterocycles. The molecule has 0 aliphatic heterocycles. The first kappa shape index (κ1) is 29.1. The van der Waals surface area contributed by atoms with Crippen molar-refractivity contribution in [2.75, 3.05) is 6.54 Å². The average molecular weight is 543 g/mol. The molecule has 1 amide bonds. The summed E-state index contributed by atoms with van der Waals surface area (Å²) < 4.78 is 108. The molecule has 0 N–H and O–H groups in total. The molecule has 0 saturated heterocycles. The molecule has 0 aliphatic rings. The second-order valence-electron chi connectivity index (χ2n) is 9.90. The summed E-state index contributed by atoms with van der Waals surface area (Å²) in [6, 6.07) is 11.8. The van der Waals surface area contributed by atoms with E-state index in [-0.39, 0.29) is 36.6 Å². The van der Waals surface area contributed by atoms with Gasteiger partial charge in [0.25, 0.3) is 5.91 Å². The monoisotopic (exact) mass is 543 g/mol. The van der Waals surface area contributed by atoms with Crippen LogP contribution in [0, 0.1) is 11.6 Å². The maximum absolute atomic E-state index is 14.8. The number of hydrogen-bond donors (Lipinski definition) is 0. The van der Waals surface area contributed by atoms with Gasteiger partial charge in [0, 0.05) is 13.1 Å². The van der Waals surface area contributed by atoms with E-state index in [0.717, 1.165) is 22.6 Å². The molecule has 3 aromatic carbocycles. The van der Waals surface area contributed by atoms with Gasteiger partial charge in [-0.25, -0.2) is 8.78 Å². The minimum absolute atomic E-state index is 0.141. The Morgan fingerprint density at radius 1 is 0.763 bits per heavy atom. The third-order valence-corrected chi connectivity index (χ3v) is 6.02. The number of carbonyl (C=O) groups excluding carboxylic acids is 1. The van der Waals surface area contributed by atoms with E-state index in [1.54, 1.807) is 24.3 Å². The number of alkyl halides is 6. The van der Waals surface area contributed by atoms with Crippen LogP contribution < -0.4 is 0 Å². The van der Waals surface area contributed by atoms with E-state index < -0.39 is 46.6 Å². The van der Waals surface area contributed by atoms with Gasteiger partial charge in [0.05, 0.1) is 11.1 Å². The van der Waals surface area contributed by atoms with Gasteiger partial charge in [0.1, 0.15) is 11.4 Å². The number of halogens is 8. The lowest BCUT2D eigenvalue weighted by molar-refractivity contribution is -0.140. The summed E-state index contributed by atoms with van der Waals surface area (Å²) in [6.07, 6.45) is -9.92. The highest BCUT2D eigenvalue weighted by atomic mass is 19.4. The predicted molar refractivity (Wildman–Crippen MR) is 126 cm³/mol. The van der Waals surface area contributed by atoms with Gasteiger partial charge in [-0.2, -0.15) is 26.3 Å². The minimum atomic E-state index is -5.17. The first-order chi connectivity index (χ1) is 17.5. The summed E-state index contributed by atoms with van der Waals surface area (Å²) in [4.78, 5) is 14.2. The van der Waals surface area contributed by atoms with E-state index in [2.05, 4.69) is 0 Å². The summed E-state index contributed by atoms with van der Waals surface area (Å²) in [5.74, 6) is -4.87. The molecule has 38 heavy (non-hydrogen) atoms. The molecule has 3 aromatic rings. The van der Waals surface area contributed by atoms with Crippen molar-refractivity contribution in [3.8, 4) is 0 Å². The summed E-state index contributed by atoms with van der Waals surface area (Å²) in [7, 11) is 0. The van der Waals surface area contributed by atoms with E-state index in [4.69, 9.17) is 0 Å². The smallest absolute Gasteiger partial charge is 0.334 e. The van der Waals surface area contributed by atoms with Gasteiger partial charge < -0.3 is 4.90 Å². The van der Waals surface area contributed by atoms with Crippen molar-refractivity contribution in [3.05, 3.63) is 106 Å². The Kier molecular flexibility index (Phi) is 8.24. The maximum atomic E-state index is 14.8. The van der Waals surface area contributed by atoms with E-state index in [9.17, 15) is 39.9 Å². The van der Waals surface area contributed by atoms with Crippen LogP contribution in [0.4, 0.5) is 35.1 Å². The highest BCUT2D eigenvalue weighted by molar-refractivity contribution is 5.95. The molecule has 0 atom stereocenters. The first-order valence-corrected chi connectivity index (χ1v) is 11.6. The molecular weight excluding hydrogens is 518 g/mol. The largest absolute Gasteiger partial charge is 0.419 e. The lowest BCUT2D eigenvalue weighted by Gasteiger charge is -2.25. The quantitative estimate of drug-likeness (QED) is 0.287. The van der Waals surface area contributed by atoms with Crippen LogP contribution in [0.15, 0.2) is 60.7 Å². The van der Waals surface area contributed by atoms with Crippen molar-refractivity contribution in [2.24, 2.45) is 0 Å². The third-order valence-electron chi connectivity index (χ3n) is 6.02. The number of hydrogen-bond acceptors (Lipinski definition) is 1. The Morgan fingerprint density at radius 3 is 1.95 bits per heavy atom. The zero-order valence-electron chi connectivity index (χ0n) is 20.8. The van der Waals surface area contributed by atoms with Crippen LogP contribution in [-0.4, -0.2) is 17.4 Å². The lowest BCUT2D eigenvalue weighted by Crippen LogP contribution is -2.34. The van der Waals surface area contributed by atoms with Crippen LogP contribution in [0.2, 0.25) is 0 Å². The fourth-order valence-electron chi connectivity index (χ4n) is 3.88. The van der Waals surface area contributed by atoms with Crippen LogP contribution in [0.3, 0.4) is 0 Å². The van der Waals surface area contributed by atoms with Crippen molar-refractivity contribution in [1.29, 1.82) is 0 Å². The second kappa shape index (κ2) is 10.7. The van der Waals surface area contributed by atoms with Crippen LogP contribution in [0.5, 0.6) is 0 Å². The molecule has 0 unspecified atom stereocenters. The topological polar surface area (TPSA) is 20.3 Å². The van der Waals surface area contributed by atoms with Gasteiger partial charge >= 0.3 is 12.4 Å². The first-order valence-electron chi connectivity index (χ1n) is 11.6. The molecule has 0 aromatic heterocycles. The third kappa shape index (κ3) is 6.90. The Morgan fingerprint density at radius 2 is 1.39 bits per heavy atom. The van der Waals surface area contributed by atoms with Gasteiger partial charge in [-0.15, -0.1) is 0 Å². The standard InChI is InChI=1S/C28H25F8NO/c1-26(2,3)19-9-7-18(8-10-19)16-37(14-13-17-5-4-6-20(15-17)27(31,32)33)25(38)23-22(29)12-11-21(24(23)30)28(34,35)36/h4-12,15H,13-14,16H2,1-3H3. The summed E-state index contributed by atoms with van der Waals surface area (Å²) in [5, 5.41) is 0. The minimum Gasteiger partial charge on any atom is -0.334 e. The van der Waals surface area contributed by atoms with E-state index >= 15 is 0 Å². The average Bonchev–Trinajstić information content (AvgIpc) is 2.80. The number of benzene rings is 3. The highest BCUT2D eigenvalue weighted by Crippen LogP contribution is 2.34. The van der Waals surface area contributed by atoms with E-state index in [1.165, 1.54) is 12.1 Å². The molecule has 0 radical (unpaired) electrons.